The molecule has 0 amide bonds. The van der Waals surface area contributed by atoms with E-state index in [4.69, 9.17) is 0 Å². The van der Waals surface area contributed by atoms with E-state index in [2.05, 4.69) is 4.98 Å². The number of benzene rings is 2. The molecule has 0 bridgehead atoms. The first-order chi connectivity index (χ1) is 12.1. The van der Waals surface area contributed by atoms with Gasteiger partial charge < -0.3 is 5.11 Å². The second-order valence-electron chi connectivity index (χ2n) is 6.20. The van der Waals surface area contributed by atoms with Gasteiger partial charge >= 0.3 is 0 Å². The number of fused-ring (bicyclic) bond motifs is 3. The molecule has 2 heterocycles. The van der Waals surface area contributed by atoms with Crippen molar-refractivity contribution >= 4 is 43.4 Å². The predicted octanol–water partition coefficient (Wildman–Crippen LogP) is 2.90. The van der Waals surface area contributed by atoms with Crippen molar-refractivity contribution in [2.24, 2.45) is 7.05 Å². The maximum atomic E-state index is 12.8. The first-order valence-corrected chi connectivity index (χ1v) is 7.87. The second-order valence-corrected chi connectivity index (χ2v) is 6.20. The van der Waals surface area contributed by atoms with E-state index < -0.39 is 0 Å². The quantitative estimate of drug-likeness (QED) is 0.474. The number of hydrogen-bond donors (Lipinski definition) is 1. The van der Waals surface area contributed by atoms with Gasteiger partial charge in [0.05, 0.1) is 5.52 Å². The molecule has 25 heavy (non-hydrogen) atoms. The molecular weight excluding hydrogens is 316 g/mol. The molecule has 0 aliphatic carbocycles. The molecule has 0 aliphatic heterocycles. The van der Waals surface area contributed by atoms with Crippen LogP contribution in [0, 0.1) is 0 Å². The summed E-state index contributed by atoms with van der Waals surface area (Å²) in [6, 6.07) is 14.4. The lowest BCUT2D eigenvalue weighted by molar-refractivity contribution is 0.487. The summed E-state index contributed by atoms with van der Waals surface area (Å²) in [6.07, 6.45) is 0. The summed E-state index contributed by atoms with van der Waals surface area (Å²) in [4.78, 5) is 29.8. The van der Waals surface area contributed by atoms with Gasteiger partial charge in [0.1, 0.15) is 11.3 Å². The lowest BCUT2D eigenvalue weighted by Gasteiger charge is -2.04. The zero-order valence-electron chi connectivity index (χ0n) is 13.3. The Labute approximate surface area is 140 Å². The smallest absolute Gasteiger partial charge is 0.261 e. The zero-order chi connectivity index (χ0) is 17.3. The van der Waals surface area contributed by atoms with Crippen LogP contribution in [0.1, 0.15) is 0 Å². The number of nitrogens with zero attached hydrogens (tertiary/aromatic N) is 2. The number of para-hydroxylation sites is 1. The Morgan fingerprint density at radius 1 is 0.840 bits per heavy atom. The van der Waals surface area contributed by atoms with Crippen LogP contribution in [-0.4, -0.2) is 14.7 Å². The Bertz CT molecular complexity index is 1450. The van der Waals surface area contributed by atoms with Crippen LogP contribution in [0.5, 0.6) is 5.75 Å². The van der Waals surface area contributed by atoms with Crippen molar-refractivity contribution in [1.29, 1.82) is 0 Å². The van der Waals surface area contributed by atoms with Crippen LogP contribution in [0.15, 0.2) is 58.1 Å². The Morgan fingerprint density at radius 2 is 1.52 bits per heavy atom. The third-order valence-corrected chi connectivity index (χ3v) is 4.85. The minimum atomic E-state index is -0.379. The van der Waals surface area contributed by atoms with Gasteiger partial charge in [-0.15, -0.1) is 0 Å². The van der Waals surface area contributed by atoms with Gasteiger partial charge in [-0.05, 0) is 18.2 Å². The van der Waals surface area contributed by atoms with E-state index >= 15 is 0 Å². The average molecular weight is 328 g/mol. The first kappa shape index (κ1) is 13.9. The first-order valence-electron chi connectivity index (χ1n) is 7.87. The fraction of sp³-hybridized carbons (Fsp3) is 0.0500. The predicted molar refractivity (Wildman–Crippen MR) is 98.6 cm³/mol. The van der Waals surface area contributed by atoms with Crippen LogP contribution in [0.4, 0.5) is 0 Å². The lowest BCUT2D eigenvalue weighted by Crippen LogP contribution is -2.30. The van der Waals surface area contributed by atoms with Crippen LogP contribution in [0.2, 0.25) is 0 Å². The van der Waals surface area contributed by atoms with E-state index in [1.54, 1.807) is 24.3 Å². The molecule has 1 N–H and O–H groups in total. The number of hydrogen-bond acceptors (Lipinski definition) is 4. The van der Waals surface area contributed by atoms with Crippen molar-refractivity contribution in [3.8, 4) is 5.75 Å². The average Bonchev–Trinajstić information content (AvgIpc) is 2.95. The van der Waals surface area contributed by atoms with Gasteiger partial charge in [0.25, 0.3) is 11.1 Å². The third kappa shape index (κ3) is 1.64. The van der Waals surface area contributed by atoms with Gasteiger partial charge in [-0.2, -0.15) is 0 Å². The van der Waals surface area contributed by atoms with Crippen molar-refractivity contribution < 1.29 is 5.11 Å². The standard InChI is InChI=1S/C20H12N2O3/c1-22-19(24)12-7-4-6-11-16(12)14(20(22)25)9-13-10-5-2-3-8-15(10)21-17(13)18(11)23/h2-9,23H,1H3. The molecule has 0 saturated heterocycles. The summed E-state index contributed by atoms with van der Waals surface area (Å²) < 4.78 is 1.11. The highest BCUT2D eigenvalue weighted by atomic mass is 16.3. The molecule has 2 aromatic heterocycles. The SMILES string of the molecule is Cn1c(=O)c2cccc3c(O)c4nc5ccccc5c4cc(c1=O)c32. The highest BCUT2D eigenvalue weighted by Crippen LogP contribution is 2.37. The molecule has 0 radical (unpaired) electrons. The molecule has 0 unspecified atom stereocenters. The van der Waals surface area contributed by atoms with E-state index in [1.165, 1.54) is 7.05 Å². The molecule has 5 nitrogen and oxygen atoms in total. The largest absolute Gasteiger partial charge is 0.505 e. The number of rotatable bonds is 0. The zero-order valence-corrected chi connectivity index (χ0v) is 13.3. The van der Waals surface area contributed by atoms with Gasteiger partial charge in [-0.3, -0.25) is 14.2 Å². The minimum Gasteiger partial charge on any atom is -0.505 e. The third-order valence-electron chi connectivity index (χ3n) is 4.85. The van der Waals surface area contributed by atoms with Crippen molar-refractivity contribution in [3.63, 3.8) is 0 Å². The normalized spacial score (nSPS) is 11.9. The van der Waals surface area contributed by atoms with Gasteiger partial charge in [0.2, 0.25) is 0 Å². The summed E-state index contributed by atoms with van der Waals surface area (Å²) in [7, 11) is 1.47. The molecular formula is C20H12N2O3. The summed E-state index contributed by atoms with van der Waals surface area (Å²) in [5.41, 5.74) is 0.435. The molecule has 120 valence electrons. The Balaban J connectivity index is 2.26. The van der Waals surface area contributed by atoms with Crippen LogP contribution in [0.3, 0.4) is 0 Å². The van der Waals surface area contributed by atoms with Crippen molar-refractivity contribution in [2.75, 3.05) is 0 Å². The molecule has 0 saturated carbocycles. The van der Waals surface area contributed by atoms with E-state index in [9.17, 15) is 14.7 Å². The second kappa shape index (κ2) is 4.54. The molecule has 5 heteroatoms. The van der Waals surface area contributed by atoms with E-state index in [0.717, 1.165) is 15.5 Å². The highest BCUT2D eigenvalue weighted by Gasteiger charge is 2.17. The fourth-order valence-corrected chi connectivity index (χ4v) is 3.62. The van der Waals surface area contributed by atoms with Gasteiger partial charge in [0.15, 0.2) is 0 Å². The van der Waals surface area contributed by atoms with Gasteiger partial charge in [0, 0.05) is 39.4 Å². The lowest BCUT2D eigenvalue weighted by atomic mass is 10.1. The number of aromatic nitrogens is 2. The van der Waals surface area contributed by atoms with Crippen molar-refractivity contribution in [1.82, 2.24) is 9.55 Å². The maximum absolute atomic E-state index is 12.8. The van der Waals surface area contributed by atoms with Crippen molar-refractivity contribution in [3.05, 3.63) is 69.2 Å². The van der Waals surface area contributed by atoms with Gasteiger partial charge in [-0.1, -0.05) is 30.3 Å². The highest BCUT2D eigenvalue weighted by molar-refractivity contribution is 6.20. The van der Waals surface area contributed by atoms with E-state index in [0.29, 0.717) is 32.4 Å². The summed E-state index contributed by atoms with van der Waals surface area (Å²) in [5.74, 6) is -0.0144. The number of pyridine rings is 1. The Hall–Kier alpha value is -3.47. The Morgan fingerprint density at radius 3 is 2.36 bits per heavy atom. The van der Waals surface area contributed by atoms with Gasteiger partial charge in [-0.25, -0.2) is 4.98 Å². The summed E-state index contributed by atoms with van der Waals surface area (Å²) >= 11 is 0. The monoisotopic (exact) mass is 328 g/mol. The van der Waals surface area contributed by atoms with Crippen LogP contribution in [-0.2, 0) is 7.05 Å². The van der Waals surface area contributed by atoms with E-state index in [-0.39, 0.29) is 16.9 Å². The summed E-state index contributed by atoms with van der Waals surface area (Å²) in [5, 5.41) is 14.2. The fourth-order valence-electron chi connectivity index (χ4n) is 3.62. The molecule has 0 spiro atoms. The Kier molecular flexibility index (Phi) is 2.53. The molecule has 0 aliphatic rings. The van der Waals surface area contributed by atoms with Crippen LogP contribution in [0.25, 0.3) is 43.4 Å². The molecule has 0 fully saturated rings. The van der Waals surface area contributed by atoms with Crippen molar-refractivity contribution in [2.45, 2.75) is 0 Å². The minimum absolute atomic E-state index is 0.0144. The summed E-state index contributed by atoms with van der Waals surface area (Å²) in [6.45, 7) is 0. The van der Waals surface area contributed by atoms with Crippen LogP contribution < -0.4 is 11.1 Å². The topological polar surface area (TPSA) is 72.2 Å². The molecule has 3 aromatic carbocycles. The molecule has 5 aromatic rings. The maximum Gasteiger partial charge on any atom is 0.261 e. The molecule has 0 atom stereocenters. The number of aromatic hydroxyl groups is 1. The molecule has 5 rings (SSSR count). The van der Waals surface area contributed by atoms with Crippen LogP contribution >= 0.6 is 0 Å². The van der Waals surface area contributed by atoms with E-state index in [1.807, 2.05) is 24.3 Å².